The summed E-state index contributed by atoms with van der Waals surface area (Å²) in [4.78, 5) is 0. The van der Waals surface area contributed by atoms with Gasteiger partial charge in [-0.2, -0.15) is 0 Å². The lowest BCUT2D eigenvalue weighted by molar-refractivity contribution is 0.0671. The zero-order valence-electron chi connectivity index (χ0n) is 24.6. The molecule has 0 rings (SSSR count). The zero-order valence-corrected chi connectivity index (χ0v) is 27.2. The Morgan fingerprint density at radius 1 is 0.500 bits per heavy atom. The van der Waals surface area contributed by atoms with Gasteiger partial charge < -0.3 is 14.0 Å². The van der Waals surface area contributed by atoms with Gasteiger partial charge >= 0.3 is 7.32 Å². The Morgan fingerprint density at radius 2 is 0.861 bits per heavy atom. The molecule has 0 amide bonds. The highest BCUT2D eigenvalue weighted by atomic mass is 32.2. The van der Waals surface area contributed by atoms with Gasteiger partial charge in [-0.05, 0) is 43.6 Å². The lowest BCUT2D eigenvalue weighted by atomic mass is 10.1. The molecule has 3 unspecified atom stereocenters. The standard InChI is InChI=1S/C29H61BO3S3/c1-6-11-13-15-17-19-21-23-25-35-28(9-4)32-30(31-27(34)8-3)33-29(10-5)36-26-24-22-20-18-16-14-12-7-2/h27-29,34H,6-26H2,1-5H3. The average molecular weight is 565 g/mol. The Bertz CT molecular complexity index is 403. The van der Waals surface area contributed by atoms with Gasteiger partial charge in [0.2, 0.25) is 0 Å². The Hall–Kier alpha value is 0.995. The Labute approximate surface area is 241 Å². The van der Waals surface area contributed by atoms with Crippen molar-refractivity contribution in [2.24, 2.45) is 0 Å². The molecule has 36 heavy (non-hydrogen) atoms. The van der Waals surface area contributed by atoms with Gasteiger partial charge in [0.1, 0.15) is 0 Å². The van der Waals surface area contributed by atoms with Gasteiger partial charge in [-0.3, -0.25) is 0 Å². The summed E-state index contributed by atoms with van der Waals surface area (Å²) in [5, 5.41) is 0. The Balaban J connectivity index is 4.29. The topological polar surface area (TPSA) is 27.7 Å². The fourth-order valence-electron chi connectivity index (χ4n) is 3.98. The molecule has 7 heteroatoms. The van der Waals surface area contributed by atoms with Crippen LogP contribution in [0.25, 0.3) is 0 Å². The zero-order chi connectivity index (χ0) is 26.7. The molecule has 3 nitrogen and oxygen atoms in total. The van der Waals surface area contributed by atoms with E-state index in [9.17, 15) is 0 Å². The van der Waals surface area contributed by atoms with Crippen LogP contribution in [-0.2, 0) is 14.0 Å². The van der Waals surface area contributed by atoms with Gasteiger partial charge in [0, 0.05) is 0 Å². The van der Waals surface area contributed by atoms with Gasteiger partial charge in [-0.25, -0.2) is 0 Å². The second-order valence-corrected chi connectivity index (χ2v) is 13.0. The van der Waals surface area contributed by atoms with E-state index in [0.29, 0.717) is 0 Å². The van der Waals surface area contributed by atoms with E-state index >= 15 is 0 Å². The first-order valence-electron chi connectivity index (χ1n) is 15.5. The van der Waals surface area contributed by atoms with Crippen LogP contribution in [0.1, 0.15) is 157 Å². The first-order chi connectivity index (χ1) is 17.6. The number of thiol groups is 1. The number of unbranched alkanes of at least 4 members (excludes halogenated alkanes) is 14. The van der Waals surface area contributed by atoms with Crippen molar-refractivity contribution in [3.05, 3.63) is 0 Å². The van der Waals surface area contributed by atoms with E-state index in [0.717, 1.165) is 30.8 Å². The summed E-state index contributed by atoms with van der Waals surface area (Å²) in [7, 11) is -0.639. The second kappa shape index (κ2) is 29.0. The molecule has 0 aliphatic heterocycles. The summed E-state index contributed by atoms with van der Waals surface area (Å²) >= 11 is 8.38. The molecule has 0 heterocycles. The summed E-state index contributed by atoms with van der Waals surface area (Å²) in [6, 6.07) is 0. The predicted molar refractivity (Wildman–Crippen MR) is 170 cm³/mol. The van der Waals surface area contributed by atoms with Crippen molar-refractivity contribution in [2.45, 2.75) is 173 Å². The second-order valence-electron chi connectivity index (χ2n) is 9.93. The smallest absolute Gasteiger partial charge is 0.374 e. The molecule has 0 aromatic carbocycles. The number of rotatable bonds is 29. The molecule has 0 saturated carbocycles. The van der Waals surface area contributed by atoms with Crippen molar-refractivity contribution in [2.75, 3.05) is 11.5 Å². The first kappa shape index (κ1) is 37.0. The van der Waals surface area contributed by atoms with Gasteiger partial charge in [-0.15, -0.1) is 36.2 Å². The molecule has 216 valence electrons. The normalized spacial score (nSPS) is 14.2. The number of hydrogen-bond donors (Lipinski definition) is 1. The molecule has 0 aromatic heterocycles. The van der Waals surface area contributed by atoms with E-state index in [-0.39, 0.29) is 16.3 Å². The van der Waals surface area contributed by atoms with Crippen molar-refractivity contribution in [1.82, 2.24) is 0 Å². The van der Waals surface area contributed by atoms with Crippen molar-refractivity contribution < 1.29 is 14.0 Å². The van der Waals surface area contributed by atoms with E-state index in [2.05, 4.69) is 47.2 Å². The molecule has 0 aromatic rings. The number of hydrogen-bond acceptors (Lipinski definition) is 6. The van der Waals surface area contributed by atoms with Crippen molar-refractivity contribution >= 4 is 43.5 Å². The van der Waals surface area contributed by atoms with E-state index in [1.165, 1.54) is 103 Å². The molecule has 0 N–H and O–H groups in total. The molecule has 3 atom stereocenters. The van der Waals surface area contributed by atoms with Crippen LogP contribution >= 0.6 is 36.2 Å². The SMILES string of the molecule is CCCCCCCCCCSC(CC)OB(OC(S)CC)OC(CC)SCCCCCCCCCC. The highest BCUT2D eigenvalue weighted by Crippen LogP contribution is 2.25. The minimum atomic E-state index is -0.639. The van der Waals surface area contributed by atoms with E-state index in [4.69, 9.17) is 14.0 Å². The van der Waals surface area contributed by atoms with Crippen molar-refractivity contribution in [1.29, 1.82) is 0 Å². The minimum absolute atomic E-state index is 0.104. The van der Waals surface area contributed by atoms with Crippen LogP contribution in [-0.4, -0.2) is 35.1 Å². The summed E-state index contributed by atoms with van der Waals surface area (Å²) in [5.74, 6) is 2.28. The maximum absolute atomic E-state index is 6.32. The third-order valence-corrected chi connectivity index (χ3v) is 9.58. The predicted octanol–water partition coefficient (Wildman–Crippen LogP) is 10.9. The largest absolute Gasteiger partial charge is 0.641 e. The third-order valence-electron chi connectivity index (χ3n) is 6.41. The molecule has 0 bridgehead atoms. The molecule has 0 radical (unpaired) electrons. The van der Waals surface area contributed by atoms with Crippen LogP contribution in [0.2, 0.25) is 0 Å². The van der Waals surface area contributed by atoms with Crippen molar-refractivity contribution in [3.8, 4) is 0 Å². The maximum Gasteiger partial charge on any atom is 0.641 e. The molecular weight excluding hydrogens is 503 g/mol. The molecule has 0 saturated heterocycles. The Kier molecular flexibility index (Phi) is 29.8. The fourth-order valence-corrected chi connectivity index (χ4v) is 6.15. The number of thioether (sulfide) groups is 2. The van der Waals surface area contributed by atoms with Gasteiger partial charge in [0.05, 0.1) is 16.3 Å². The molecular formula is C29H61BO3S3. The van der Waals surface area contributed by atoms with E-state index in [1.54, 1.807) is 0 Å². The average Bonchev–Trinajstić information content (AvgIpc) is 2.89. The molecule has 0 spiro atoms. The van der Waals surface area contributed by atoms with Crippen molar-refractivity contribution in [3.63, 3.8) is 0 Å². The van der Waals surface area contributed by atoms with Crippen LogP contribution < -0.4 is 0 Å². The van der Waals surface area contributed by atoms with Gasteiger partial charge in [0.25, 0.3) is 0 Å². The summed E-state index contributed by atoms with van der Waals surface area (Å²) in [5.41, 5.74) is 0.0414. The molecule has 0 aliphatic carbocycles. The summed E-state index contributed by atoms with van der Waals surface area (Å²) in [6.07, 6.45) is 24.5. The monoisotopic (exact) mass is 564 g/mol. The third kappa shape index (κ3) is 24.1. The van der Waals surface area contributed by atoms with Crippen LogP contribution in [0.3, 0.4) is 0 Å². The highest BCUT2D eigenvalue weighted by Gasteiger charge is 2.31. The lowest BCUT2D eigenvalue weighted by Gasteiger charge is -2.26. The maximum atomic E-state index is 6.32. The Morgan fingerprint density at radius 3 is 1.19 bits per heavy atom. The van der Waals surface area contributed by atoms with Gasteiger partial charge in [0.15, 0.2) is 0 Å². The highest BCUT2D eigenvalue weighted by molar-refractivity contribution is 8.00. The van der Waals surface area contributed by atoms with Crippen LogP contribution in [0.4, 0.5) is 0 Å². The van der Waals surface area contributed by atoms with E-state index in [1.807, 2.05) is 23.5 Å². The van der Waals surface area contributed by atoms with E-state index < -0.39 is 7.32 Å². The van der Waals surface area contributed by atoms with Crippen LogP contribution in [0, 0.1) is 0 Å². The van der Waals surface area contributed by atoms with Gasteiger partial charge in [-0.1, -0.05) is 125 Å². The minimum Gasteiger partial charge on any atom is -0.374 e. The summed E-state index contributed by atoms with van der Waals surface area (Å²) < 4.78 is 18.7. The van der Waals surface area contributed by atoms with Crippen LogP contribution in [0.15, 0.2) is 0 Å². The molecule has 0 aliphatic rings. The quantitative estimate of drug-likeness (QED) is 0.0422. The van der Waals surface area contributed by atoms with Crippen LogP contribution in [0.5, 0.6) is 0 Å². The lowest BCUT2D eigenvalue weighted by Crippen LogP contribution is -2.36. The summed E-state index contributed by atoms with van der Waals surface area (Å²) in [6.45, 7) is 11.0. The molecule has 0 fully saturated rings. The fraction of sp³-hybridized carbons (Fsp3) is 1.00. The first-order valence-corrected chi connectivity index (χ1v) is 18.1.